The molecule has 0 radical (unpaired) electrons. The fraction of sp³-hybridized carbons (Fsp3) is 0.579. The molecule has 0 saturated carbocycles. The first-order valence-electron chi connectivity index (χ1n) is 9.03. The van der Waals surface area contributed by atoms with Gasteiger partial charge in [0.05, 0.1) is 6.10 Å². The quantitative estimate of drug-likeness (QED) is 0.658. The SMILES string of the molecule is CN(C)CCN(CC1CCCO1)C(=O)CCNC(=O)c1ccc(Br)cc1. The molecule has 1 aliphatic heterocycles. The summed E-state index contributed by atoms with van der Waals surface area (Å²) in [5.74, 6) is -0.109. The van der Waals surface area contributed by atoms with Crippen LogP contribution in [-0.4, -0.2) is 74.6 Å². The van der Waals surface area contributed by atoms with Crippen molar-refractivity contribution in [1.82, 2.24) is 15.1 Å². The summed E-state index contributed by atoms with van der Waals surface area (Å²) < 4.78 is 6.60. The van der Waals surface area contributed by atoms with Crippen LogP contribution in [0, 0.1) is 0 Å². The Morgan fingerprint density at radius 1 is 1.23 bits per heavy atom. The van der Waals surface area contributed by atoms with E-state index in [0.29, 0.717) is 31.6 Å². The fourth-order valence-corrected chi connectivity index (χ4v) is 3.08. The van der Waals surface area contributed by atoms with E-state index in [9.17, 15) is 9.59 Å². The topological polar surface area (TPSA) is 61.9 Å². The molecule has 1 aromatic rings. The van der Waals surface area contributed by atoms with Crippen molar-refractivity contribution in [3.05, 3.63) is 34.3 Å². The van der Waals surface area contributed by atoms with Gasteiger partial charge in [-0.05, 0) is 51.2 Å². The summed E-state index contributed by atoms with van der Waals surface area (Å²) >= 11 is 3.35. The molecule has 0 aromatic heterocycles. The van der Waals surface area contributed by atoms with Gasteiger partial charge in [0, 0.05) is 49.2 Å². The molecule has 1 fully saturated rings. The standard InChI is InChI=1S/C19H28BrN3O3/c1-22(2)11-12-23(14-17-4-3-13-26-17)18(24)9-10-21-19(25)15-5-7-16(20)8-6-15/h5-8,17H,3-4,9-14H2,1-2H3,(H,21,25). The van der Waals surface area contributed by atoms with Crippen molar-refractivity contribution in [2.75, 3.05) is 46.9 Å². The number of nitrogens with one attached hydrogen (secondary N) is 1. The normalized spacial score (nSPS) is 16.7. The predicted molar refractivity (Wildman–Crippen MR) is 105 cm³/mol. The van der Waals surface area contributed by atoms with E-state index in [0.717, 1.165) is 30.5 Å². The lowest BCUT2D eigenvalue weighted by molar-refractivity contribution is -0.132. The second-order valence-corrected chi connectivity index (χ2v) is 7.71. The van der Waals surface area contributed by atoms with Gasteiger partial charge in [0.15, 0.2) is 0 Å². The van der Waals surface area contributed by atoms with Gasteiger partial charge in [-0.2, -0.15) is 0 Å². The van der Waals surface area contributed by atoms with Crippen molar-refractivity contribution in [3.8, 4) is 0 Å². The molecule has 26 heavy (non-hydrogen) atoms. The Labute approximate surface area is 164 Å². The number of likely N-dealkylation sites (N-methyl/N-ethyl adjacent to an activating group) is 1. The lowest BCUT2D eigenvalue weighted by Crippen LogP contribution is -2.42. The van der Waals surface area contributed by atoms with Gasteiger partial charge in [-0.25, -0.2) is 0 Å². The minimum Gasteiger partial charge on any atom is -0.376 e. The molecule has 2 amide bonds. The van der Waals surface area contributed by atoms with E-state index >= 15 is 0 Å². The third kappa shape index (κ3) is 7.05. The molecule has 1 aromatic carbocycles. The van der Waals surface area contributed by atoms with Gasteiger partial charge in [-0.1, -0.05) is 15.9 Å². The van der Waals surface area contributed by atoms with Crippen LogP contribution in [0.5, 0.6) is 0 Å². The predicted octanol–water partition coefficient (Wildman–Crippen LogP) is 2.14. The van der Waals surface area contributed by atoms with E-state index < -0.39 is 0 Å². The Hall–Kier alpha value is -1.44. The number of hydrogen-bond acceptors (Lipinski definition) is 4. The molecule has 2 rings (SSSR count). The number of ether oxygens (including phenoxy) is 1. The van der Waals surface area contributed by atoms with Crippen molar-refractivity contribution in [1.29, 1.82) is 0 Å². The van der Waals surface area contributed by atoms with Crippen molar-refractivity contribution >= 4 is 27.7 Å². The monoisotopic (exact) mass is 425 g/mol. The van der Waals surface area contributed by atoms with Gasteiger partial charge in [-0.3, -0.25) is 9.59 Å². The third-order valence-corrected chi connectivity index (χ3v) is 4.88. The van der Waals surface area contributed by atoms with Crippen LogP contribution in [0.2, 0.25) is 0 Å². The first-order valence-corrected chi connectivity index (χ1v) is 9.83. The Balaban J connectivity index is 1.80. The second kappa shape index (κ2) is 10.6. The number of amides is 2. The van der Waals surface area contributed by atoms with Gasteiger partial charge >= 0.3 is 0 Å². The molecule has 144 valence electrons. The van der Waals surface area contributed by atoms with Crippen molar-refractivity contribution < 1.29 is 14.3 Å². The number of benzene rings is 1. The molecule has 1 heterocycles. The second-order valence-electron chi connectivity index (χ2n) is 6.79. The van der Waals surface area contributed by atoms with Gasteiger partial charge in [0.1, 0.15) is 0 Å². The van der Waals surface area contributed by atoms with Crippen LogP contribution in [0.4, 0.5) is 0 Å². The first-order chi connectivity index (χ1) is 12.5. The summed E-state index contributed by atoms with van der Waals surface area (Å²) in [6, 6.07) is 7.15. The zero-order valence-electron chi connectivity index (χ0n) is 15.5. The maximum Gasteiger partial charge on any atom is 0.251 e. The Morgan fingerprint density at radius 3 is 2.58 bits per heavy atom. The van der Waals surface area contributed by atoms with Crippen LogP contribution in [0.1, 0.15) is 29.6 Å². The molecule has 7 heteroatoms. The summed E-state index contributed by atoms with van der Waals surface area (Å²) in [6.45, 7) is 3.23. The van der Waals surface area contributed by atoms with E-state index in [2.05, 4.69) is 26.1 Å². The van der Waals surface area contributed by atoms with E-state index in [1.807, 2.05) is 31.1 Å². The molecule has 1 aliphatic rings. The highest BCUT2D eigenvalue weighted by Gasteiger charge is 2.22. The minimum atomic E-state index is -0.163. The number of nitrogens with zero attached hydrogens (tertiary/aromatic N) is 2. The van der Waals surface area contributed by atoms with Gasteiger partial charge in [-0.15, -0.1) is 0 Å². The minimum absolute atomic E-state index is 0.0541. The average molecular weight is 426 g/mol. The van der Waals surface area contributed by atoms with Crippen LogP contribution in [-0.2, 0) is 9.53 Å². The highest BCUT2D eigenvalue weighted by Crippen LogP contribution is 2.14. The van der Waals surface area contributed by atoms with Gasteiger partial charge in [0.25, 0.3) is 5.91 Å². The van der Waals surface area contributed by atoms with Crippen molar-refractivity contribution in [3.63, 3.8) is 0 Å². The molecule has 1 atom stereocenters. The van der Waals surface area contributed by atoms with Gasteiger partial charge < -0.3 is 19.9 Å². The average Bonchev–Trinajstić information content (AvgIpc) is 3.12. The maximum absolute atomic E-state index is 12.6. The lowest BCUT2D eigenvalue weighted by atomic mass is 10.2. The molecule has 1 N–H and O–H groups in total. The molecular weight excluding hydrogens is 398 g/mol. The summed E-state index contributed by atoms with van der Waals surface area (Å²) in [6.07, 6.45) is 2.50. The zero-order valence-corrected chi connectivity index (χ0v) is 17.1. The van der Waals surface area contributed by atoms with Gasteiger partial charge in [0.2, 0.25) is 5.91 Å². The van der Waals surface area contributed by atoms with Crippen molar-refractivity contribution in [2.24, 2.45) is 0 Å². The Kier molecular flexibility index (Phi) is 8.54. The molecule has 1 saturated heterocycles. The molecule has 6 nitrogen and oxygen atoms in total. The number of carbonyl (C=O) groups excluding carboxylic acids is 2. The number of rotatable bonds is 9. The smallest absolute Gasteiger partial charge is 0.251 e. The first kappa shape index (κ1) is 20.9. The Bertz CT molecular complexity index is 586. The summed E-state index contributed by atoms with van der Waals surface area (Å²) in [5.41, 5.74) is 0.587. The third-order valence-electron chi connectivity index (χ3n) is 4.35. The van der Waals surface area contributed by atoms with Crippen LogP contribution >= 0.6 is 15.9 Å². The molecular formula is C19H28BrN3O3. The van der Waals surface area contributed by atoms with E-state index in [1.54, 1.807) is 12.1 Å². The highest BCUT2D eigenvalue weighted by atomic mass is 79.9. The lowest BCUT2D eigenvalue weighted by Gasteiger charge is -2.27. The number of carbonyl (C=O) groups is 2. The van der Waals surface area contributed by atoms with E-state index in [-0.39, 0.29) is 17.9 Å². The summed E-state index contributed by atoms with van der Waals surface area (Å²) in [5, 5.41) is 2.82. The Morgan fingerprint density at radius 2 is 1.96 bits per heavy atom. The summed E-state index contributed by atoms with van der Waals surface area (Å²) in [7, 11) is 3.99. The molecule has 0 bridgehead atoms. The number of hydrogen-bond donors (Lipinski definition) is 1. The van der Waals surface area contributed by atoms with Crippen LogP contribution in [0.25, 0.3) is 0 Å². The van der Waals surface area contributed by atoms with E-state index in [4.69, 9.17) is 4.74 Å². The van der Waals surface area contributed by atoms with Crippen LogP contribution in [0.15, 0.2) is 28.7 Å². The van der Waals surface area contributed by atoms with Crippen LogP contribution in [0.3, 0.4) is 0 Å². The fourth-order valence-electron chi connectivity index (χ4n) is 2.82. The highest BCUT2D eigenvalue weighted by molar-refractivity contribution is 9.10. The maximum atomic E-state index is 12.6. The molecule has 0 spiro atoms. The molecule has 0 aliphatic carbocycles. The van der Waals surface area contributed by atoms with Crippen molar-refractivity contribution in [2.45, 2.75) is 25.4 Å². The number of halogens is 1. The van der Waals surface area contributed by atoms with Crippen LogP contribution < -0.4 is 5.32 Å². The largest absolute Gasteiger partial charge is 0.376 e. The summed E-state index contributed by atoms with van der Waals surface area (Å²) in [4.78, 5) is 28.6. The molecule has 1 unspecified atom stereocenters. The zero-order chi connectivity index (χ0) is 18.9. The van der Waals surface area contributed by atoms with E-state index in [1.165, 1.54) is 0 Å².